The Morgan fingerprint density at radius 3 is 2.71 bits per heavy atom. The van der Waals surface area contributed by atoms with Gasteiger partial charge in [-0.3, -0.25) is 9.59 Å². The molecule has 0 saturated carbocycles. The van der Waals surface area contributed by atoms with E-state index in [2.05, 4.69) is 22.1 Å². The van der Waals surface area contributed by atoms with E-state index < -0.39 is 0 Å². The van der Waals surface area contributed by atoms with Crippen LogP contribution in [0, 0.1) is 0 Å². The highest BCUT2D eigenvalue weighted by atomic mass is 16.2. The minimum Gasteiger partial charge on any atom is -0.346 e. The van der Waals surface area contributed by atoms with Crippen LogP contribution < -0.4 is 4.90 Å². The summed E-state index contributed by atoms with van der Waals surface area (Å²) in [5.41, 5.74) is 5.18. The third kappa shape index (κ3) is 3.89. The molecule has 1 fully saturated rings. The molecule has 1 N–H and O–H groups in total. The number of nitrogens with zero attached hydrogens (tertiary/aromatic N) is 3. The fourth-order valence-electron chi connectivity index (χ4n) is 4.29. The molecule has 4 heterocycles. The maximum atomic E-state index is 12.6. The molecule has 2 aliphatic rings. The van der Waals surface area contributed by atoms with Gasteiger partial charge in [0, 0.05) is 61.2 Å². The van der Waals surface area contributed by atoms with Crippen molar-refractivity contribution in [2.45, 2.75) is 19.3 Å². The summed E-state index contributed by atoms with van der Waals surface area (Å²) in [4.78, 5) is 35.7. The monoisotopic (exact) mass is 412 g/mol. The molecule has 1 aromatic carbocycles. The summed E-state index contributed by atoms with van der Waals surface area (Å²) < 4.78 is 0. The zero-order valence-corrected chi connectivity index (χ0v) is 17.3. The number of fused-ring (bicyclic) bond motifs is 1. The van der Waals surface area contributed by atoms with Crippen LogP contribution in [0.25, 0.3) is 22.7 Å². The number of aromatic amines is 1. The lowest BCUT2D eigenvalue weighted by atomic mass is 9.99. The van der Waals surface area contributed by atoms with Gasteiger partial charge in [0.25, 0.3) is 0 Å². The summed E-state index contributed by atoms with van der Waals surface area (Å²) in [5, 5.41) is 1.12. The van der Waals surface area contributed by atoms with Gasteiger partial charge < -0.3 is 14.8 Å². The Labute approximate surface area is 180 Å². The number of H-pyrrole nitrogens is 1. The second-order valence-electron chi connectivity index (χ2n) is 7.94. The zero-order chi connectivity index (χ0) is 21.2. The molecular weight excluding hydrogens is 388 g/mol. The maximum absolute atomic E-state index is 12.6. The van der Waals surface area contributed by atoms with Crippen molar-refractivity contribution in [1.82, 2.24) is 14.9 Å². The van der Waals surface area contributed by atoms with Crippen molar-refractivity contribution in [1.29, 1.82) is 0 Å². The Morgan fingerprint density at radius 1 is 1.10 bits per heavy atom. The molecule has 31 heavy (non-hydrogen) atoms. The van der Waals surface area contributed by atoms with Gasteiger partial charge in [0.2, 0.25) is 11.8 Å². The van der Waals surface area contributed by atoms with E-state index in [1.807, 2.05) is 52.4 Å². The molecule has 2 aliphatic heterocycles. The van der Waals surface area contributed by atoms with Crippen molar-refractivity contribution in [3.8, 4) is 0 Å². The molecule has 6 nitrogen and oxygen atoms in total. The SMILES string of the molecule is O=C(C=Cc1ccc(N2CCCC2=O)cc1)N1CC=C(c2c[nH]c3ncccc23)CC1. The van der Waals surface area contributed by atoms with Crippen molar-refractivity contribution in [2.75, 3.05) is 24.5 Å². The molecule has 1 saturated heterocycles. The van der Waals surface area contributed by atoms with Crippen LogP contribution in [0.2, 0.25) is 0 Å². The number of rotatable bonds is 4. The highest BCUT2D eigenvalue weighted by molar-refractivity contribution is 5.96. The van der Waals surface area contributed by atoms with Crippen molar-refractivity contribution in [2.24, 2.45) is 0 Å². The van der Waals surface area contributed by atoms with Crippen LogP contribution in [-0.2, 0) is 9.59 Å². The largest absolute Gasteiger partial charge is 0.346 e. The van der Waals surface area contributed by atoms with Gasteiger partial charge in [-0.2, -0.15) is 0 Å². The smallest absolute Gasteiger partial charge is 0.246 e. The van der Waals surface area contributed by atoms with Crippen LogP contribution in [0.3, 0.4) is 0 Å². The second kappa shape index (κ2) is 8.22. The average molecular weight is 412 g/mol. The van der Waals surface area contributed by atoms with Gasteiger partial charge in [-0.25, -0.2) is 4.98 Å². The van der Waals surface area contributed by atoms with E-state index in [9.17, 15) is 9.59 Å². The first-order valence-electron chi connectivity index (χ1n) is 10.7. The first-order chi connectivity index (χ1) is 15.2. The number of nitrogens with one attached hydrogen (secondary N) is 1. The van der Waals surface area contributed by atoms with Gasteiger partial charge in [-0.1, -0.05) is 18.2 Å². The highest BCUT2D eigenvalue weighted by Gasteiger charge is 2.21. The lowest BCUT2D eigenvalue weighted by Crippen LogP contribution is -2.33. The van der Waals surface area contributed by atoms with Gasteiger partial charge in [-0.15, -0.1) is 0 Å². The summed E-state index contributed by atoms with van der Waals surface area (Å²) in [7, 11) is 0. The summed E-state index contributed by atoms with van der Waals surface area (Å²) in [6.45, 7) is 2.07. The fourth-order valence-corrected chi connectivity index (χ4v) is 4.29. The molecule has 0 bridgehead atoms. The summed E-state index contributed by atoms with van der Waals surface area (Å²) in [6.07, 6.45) is 11.7. The number of carbonyl (C=O) groups excluding carboxylic acids is 2. The number of hydrogen-bond acceptors (Lipinski definition) is 3. The minimum absolute atomic E-state index is 0.00897. The van der Waals surface area contributed by atoms with Crippen molar-refractivity contribution in [3.05, 3.63) is 72.1 Å². The van der Waals surface area contributed by atoms with Gasteiger partial charge in [-0.05, 0) is 54.3 Å². The molecule has 2 amide bonds. The molecule has 2 aromatic heterocycles. The number of anilines is 1. The van der Waals surface area contributed by atoms with E-state index in [-0.39, 0.29) is 11.8 Å². The van der Waals surface area contributed by atoms with E-state index in [1.165, 1.54) is 11.1 Å². The third-order valence-electron chi connectivity index (χ3n) is 6.01. The van der Waals surface area contributed by atoms with Crippen LogP contribution in [-0.4, -0.2) is 46.3 Å². The van der Waals surface area contributed by atoms with Crippen LogP contribution in [0.4, 0.5) is 5.69 Å². The van der Waals surface area contributed by atoms with Crippen molar-refractivity contribution < 1.29 is 9.59 Å². The predicted molar refractivity (Wildman–Crippen MR) is 122 cm³/mol. The zero-order valence-electron chi connectivity index (χ0n) is 17.3. The predicted octanol–water partition coefficient (Wildman–Crippen LogP) is 4.02. The topological polar surface area (TPSA) is 69.3 Å². The van der Waals surface area contributed by atoms with Gasteiger partial charge in [0.1, 0.15) is 5.65 Å². The Bertz CT molecular complexity index is 1190. The first-order valence-corrected chi connectivity index (χ1v) is 10.7. The standard InChI is InChI=1S/C25H24N4O2/c30-23(10-7-18-5-8-20(9-6-18)29-14-2-4-24(29)31)28-15-11-19(12-16-28)22-17-27-25-21(22)3-1-13-26-25/h1,3,5-11,13,17H,2,4,12,14-16H2,(H,26,27). The number of carbonyl (C=O) groups is 2. The van der Waals surface area contributed by atoms with Crippen LogP contribution >= 0.6 is 0 Å². The van der Waals surface area contributed by atoms with Gasteiger partial charge in [0.15, 0.2) is 0 Å². The lowest BCUT2D eigenvalue weighted by Gasteiger charge is -2.25. The molecule has 3 aromatic rings. The molecule has 0 spiro atoms. The number of hydrogen-bond donors (Lipinski definition) is 1. The van der Waals surface area contributed by atoms with Gasteiger partial charge >= 0.3 is 0 Å². The molecule has 0 unspecified atom stereocenters. The van der Waals surface area contributed by atoms with E-state index in [4.69, 9.17) is 0 Å². The number of benzene rings is 1. The van der Waals surface area contributed by atoms with Crippen LogP contribution in [0.1, 0.15) is 30.4 Å². The molecule has 0 radical (unpaired) electrons. The van der Waals surface area contributed by atoms with Crippen molar-refractivity contribution in [3.63, 3.8) is 0 Å². The Balaban J connectivity index is 1.22. The molecule has 0 atom stereocenters. The molecule has 5 rings (SSSR count). The quantitative estimate of drug-likeness (QED) is 0.658. The van der Waals surface area contributed by atoms with E-state index in [0.717, 1.165) is 41.7 Å². The number of amides is 2. The van der Waals surface area contributed by atoms with Crippen LogP contribution in [0.15, 0.2) is 60.9 Å². The van der Waals surface area contributed by atoms with E-state index in [1.54, 1.807) is 12.3 Å². The summed E-state index contributed by atoms with van der Waals surface area (Å²) >= 11 is 0. The van der Waals surface area contributed by atoms with Crippen molar-refractivity contribution >= 4 is 40.2 Å². The normalized spacial score (nSPS) is 17.0. The summed E-state index contributed by atoms with van der Waals surface area (Å²) in [5.74, 6) is 0.189. The maximum Gasteiger partial charge on any atom is 0.246 e. The van der Waals surface area contributed by atoms with E-state index in [0.29, 0.717) is 19.5 Å². The third-order valence-corrected chi connectivity index (χ3v) is 6.01. The molecule has 156 valence electrons. The van der Waals surface area contributed by atoms with Crippen LogP contribution in [0.5, 0.6) is 0 Å². The average Bonchev–Trinajstić information content (AvgIpc) is 3.44. The minimum atomic E-state index is 0.00897. The fraction of sp³-hybridized carbons (Fsp3) is 0.240. The molecular formula is C25H24N4O2. The Kier molecular flexibility index (Phi) is 5.12. The van der Waals surface area contributed by atoms with Gasteiger partial charge in [0.05, 0.1) is 0 Å². The first kappa shape index (κ1) is 19.3. The molecule has 6 heteroatoms. The molecule has 0 aliphatic carbocycles. The number of aromatic nitrogens is 2. The Hall–Kier alpha value is -3.67. The van der Waals surface area contributed by atoms with E-state index >= 15 is 0 Å². The highest BCUT2D eigenvalue weighted by Crippen LogP contribution is 2.28. The summed E-state index contributed by atoms with van der Waals surface area (Å²) in [6, 6.07) is 11.8. The second-order valence-corrected chi connectivity index (χ2v) is 7.94. The lowest BCUT2D eigenvalue weighted by molar-refractivity contribution is -0.125. The Morgan fingerprint density at radius 2 is 1.97 bits per heavy atom. The number of pyridine rings is 1.